The zero-order valence-corrected chi connectivity index (χ0v) is 12.7. The van der Waals surface area contributed by atoms with Crippen molar-refractivity contribution >= 4 is 11.7 Å². The predicted molar refractivity (Wildman–Crippen MR) is 83.6 cm³/mol. The first-order chi connectivity index (χ1) is 10.2. The van der Waals surface area contributed by atoms with E-state index in [0.29, 0.717) is 12.0 Å². The molecule has 0 radical (unpaired) electrons. The fourth-order valence-electron chi connectivity index (χ4n) is 3.66. The van der Waals surface area contributed by atoms with Gasteiger partial charge in [-0.2, -0.15) is 0 Å². The zero-order valence-electron chi connectivity index (χ0n) is 12.7. The molecule has 0 aromatic heterocycles. The highest BCUT2D eigenvalue weighted by atomic mass is 16.5. The van der Waals surface area contributed by atoms with Crippen LogP contribution in [0.25, 0.3) is 0 Å². The summed E-state index contributed by atoms with van der Waals surface area (Å²) in [6, 6.07) is 8.45. The number of esters is 1. The van der Waals surface area contributed by atoms with Crippen molar-refractivity contribution in [2.24, 2.45) is 0 Å². The topological polar surface area (TPSA) is 41.6 Å². The SMILES string of the molecule is COC(=O)CCc1ccccc1N1CCC2(CCCN2)C1. The van der Waals surface area contributed by atoms with E-state index in [2.05, 4.69) is 34.5 Å². The summed E-state index contributed by atoms with van der Waals surface area (Å²) in [4.78, 5) is 13.9. The fourth-order valence-corrected chi connectivity index (χ4v) is 3.66. The van der Waals surface area contributed by atoms with E-state index < -0.39 is 0 Å². The van der Waals surface area contributed by atoms with Gasteiger partial charge in [-0.25, -0.2) is 0 Å². The van der Waals surface area contributed by atoms with E-state index in [1.54, 1.807) is 0 Å². The Morgan fingerprint density at radius 1 is 1.38 bits per heavy atom. The highest BCUT2D eigenvalue weighted by Gasteiger charge is 2.40. The molecule has 4 heteroatoms. The van der Waals surface area contributed by atoms with Crippen LogP contribution in [0, 0.1) is 0 Å². The molecule has 2 saturated heterocycles. The van der Waals surface area contributed by atoms with E-state index in [1.165, 1.54) is 37.6 Å². The van der Waals surface area contributed by atoms with Gasteiger partial charge < -0.3 is 15.0 Å². The molecule has 1 unspecified atom stereocenters. The first-order valence-electron chi connectivity index (χ1n) is 7.87. The minimum Gasteiger partial charge on any atom is -0.469 e. The largest absolute Gasteiger partial charge is 0.469 e. The van der Waals surface area contributed by atoms with E-state index in [4.69, 9.17) is 4.74 Å². The van der Waals surface area contributed by atoms with Gasteiger partial charge in [-0.15, -0.1) is 0 Å². The molecule has 2 fully saturated rings. The van der Waals surface area contributed by atoms with Crippen LogP contribution >= 0.6 is 0 Å². The Bertz CT molecular complexity index is 509. The maximum atomic E-state index is 11.4. The van der Waals surface area contributed by atoms with Gasteiger partial charge in [0.2, 0.25) is 0 Å². The smallest absolute Gasteiger partial charge is 0.305 e. The minimum absolute atomic E-state index is 0.139. The van der Waals surface area contributed by atoms with Crippen molar-refractivity contribution in [2.75, 3.05) is 31.6 Å². The van der Waals surface area contributed by atoms with E-state index in [9.17, 15) is 4.79 Å². The van der Waals surface area contributed by atoms with Crippen molar-refractivity contribution in [2.45, 2.75) is 37.6 Å². The lowest BCUT2D eigenvalue weighted by Crippen LogP contribution is -2.42. The first-order valence-corrected chi connectivity index (χ1v) is 7.87. The molecule has 2 aliphatic rings. The molecular weight excluding hydrogens is 264 g/mol. The zero-order chi connectivity index (χ0) is 14.7. The molecule has 0 aliphatic carbocycles. The van der Waals surface area contributed by atoms with Crippen LogP contribution in [0.1, 0.15) is 31.2 Å². The average molecular weight is 288 g/mol. The number of benzene rings is 1. The van der Waals surface area contributed by atoms with Gasteiger partial charge in [0.25, 0.3) is 0 Å². The van der Waals surface area contributed by atoms with E-state index in [-0.39, 0.29) is 5.97 Å². The molecule has 1 N–H and O–H groups in total. The Labute approximate surface area is 126 Å². The van der Waals surface area contributed by atoms with Crippen LogP contribution in [0.15, 0.2) is 24.3 Å². The Morgan fingerprint density at radius 2 is 2.24 bits per heavy atom. The lowest BCUT2D eigenvalue weighted by Gasteiger charge is -2.26. The number of rotatable bonds is 4. The third-order valence-corrected chi connectivity index (χ3v) is 4.84. The molecule has 114 valence electrons. The normalized spacial score (nSPS) is 24.7. The summed E-state index contributed by atoms with van der Waals surface area (Å²) in [7, 11) is 1.45. The summed E-state index contributed by atoms with van der Waals surface area (Å²) >= 11 is 0. The highest BCUT2D eigenvalue weighted by Crippen LogP contribution is 2.34. The first kappa shape index (κ1) is 14.4. The molecule has 2 heterocycles. The van der Waals surface area contributed by atoms with Crippen LogP contribution in [0.5, 0.6) is 0 Å². The van der Waals surface area contributed by atoms with Crippen molar-refractivity contribution in [3.05, 3.63) is 29.8 Å². The van der Waals surface area contributed by atoms with Gasteiger partial charge in [0.1, 0.15) is 0 Å². The number of aryl methyl sites for hydroxylation is 1. The summed E-state index contributed by atoms with van der Waals surface area (Å²) < 4.78 is 4.75. The van der Waals surface area contributed by atoms with Crippen LogP contribution in [0.2, 0.25) is 0 Å². The maximum absolute atomic E-state index is 11.4. The van der Waals surface area contributed by atoms with Crippen LogP contribution in [0.3, 0.4) is 0 Å². The number of hydrogen-bond acceptors (Lipinski definition) is 4. The van der Waals surface area contributed by atoms with E-state index >= 15 is 0 Å². The molecule has 0 bridgehead atoms. The van der Waals surface area contributed by atoms with E-state index in [1.807, 2.05) is 0 Å². The summed E-state index contributed by atoms with van der Waals surface area (Å²) in [6.45, 7) is 3.34. The summed E-state index contributed by atoms with van der Waals surface area (Å²) in [5.41, 5.74) is 2.86. The van der Waals surface area contributed by atoms with Gasteiger partial charge in [0, 0.05) is 30.7 Å². The van der Waals surface area contributed by atoms with Crippen LogP contribution in [-0.2, 0) is 16.0 Å². The van der Waals surface area contributed by atoms with Crippen molar-refractivity contribution in [1.82, 2.24) is 5.32 Å². The van der Waals surface area contributed by atoms with Crippen LogP contribution in [-0.4, -0.2) is 38.3 Å². The molecular formula is C17H24N2O2. The van der Waals surface area contributed by atoms with Crippen LogP contribution < -0.4 is 10.2 Å². The monoisotopic (exact) mass is 288 g/mol. The van der Waals surface area contributed by atoms with Gasteiger partial charge in [-0.1, -0.05) is 18.2 Å². The number of nitrogens with one attached hydrogen (secondary N) is 1. The highest BCUT2D eigenvalue weighted by molar-refractivity contribution is 5.70. The lowest BCUT2D eigenvalue weighted by atomic mass is 9.97. The van der Waals surface area contributed by atoms with Crippen molar-refractivity contribution in [3.63, 3.8) is 0 Å². The number of methoxy groups -OCH3 is 1. The Balaban J connectivity index is 1.72. The number of para-hydroxylation sites is 1. The summed E-state index contributed by atoms with van der Waals surface area (Å²) in [5.74, 6) is -0.139. The molecule has 1 atom stereocenters. The molecule has 0 amide bonds. The third-order valence-electron chi connectivity index (χ3n) is 4.84. The standard InChI is InChI=1S/C17H24N2O2/c1-21-16(20)8-7-14-5-2-3-6-15(14)19-12-10-17(13-19)9-4-11-18-17/h2-3,5-6,18H,4,7-13H2,1H3. The fraction of sp³-hybridized carbons (Fsp3) is 0.588. The number of carbonyl (C=O) groups is 1. The van der Waals surface area contributed by atoms with Gasteiger partial charge >= 0.3 is 5.97 Å². The number of ether oxygens (including phenoxy) is 1. The second kappa shape index (κ2) is 6.06. The molecule has 3 rings (SSSR count). The van der Waals surface area contributed by atoms with Gasteiger partial charge in [-0.05, 0) is 43.9 Å². The van der Waals surface area contributed by atoms with Gasteiger partial charge in [-0.3, -0.25) is 4.79 Å². The maximum Gasteiger partial charge on any atom is 0.305 e. The number of anilines is 1. The summed E-state index contributed by atoms with van der Waals surface area (Å²) in [6.07, 6.45) is 4.99. The molecule has 1 spiro atoms. The quantitative estimate of drug-likeness (QED) is 0.862. The Morgan fingerprint density at radius 3 is 3.00 bits per heavy atom. The van der Waals surface area contributed by atoms with Crippen molar-refractivity contribution < 1.29 is 9.53 Å². The average Bonchev–Trinajstić information content (AvgIpc) is 3.15. The van der Waals surface area contributed by atoms with Gasteiger partial charge in [0.15, 0.2) is 0 Å². The molecule has 1 aromatic carbocycles. The van der Waals surface area contributed by atoms with Gasteiger partial charge in [0.05, 0.1) is 7.11 Å². The number of nitrogens with zero attached hydrogens (tertiary/aromatic N) is 1. The van der Waals surface area contributed by atoms with E-state index in [0.717, 1.165) is 26.1 Å². The predicted octanol–water partition coefficient (Wildman–Crippen LogP) is 2.12. The molecule has 21 heavy (non-hydrogen) atoms. The van der Waals surface area contributed by atoms with Crippen molar-refractivity contribution in [3.8, 4) is 0 Å². The molecule has 2 aliphatic heterocycles. The Kier molecular flexibility index (Phi) is 4.15. The second-order valence-electron chi connectivity index (χ2n) is 6.19. The molecule has 0 saturated carbocycles. The summed E-state index contributed by atoms with van der Waals surface area (Å²) in [5, 5.41) is 3.69. The lowest BCUT2D eigenvalue weighted by molar-refractivity contribution is -0.140. The molecule has 4 nitrogen and oxygen atoms in total. The third kappa shape index (κ3) is 3.05. The number of carbonyl (C=O) groups excluding carboxylic acids is 1. The van der Waals surface area contributed by atoms with Crippen LogP contribution in [0.4, 0.5) is 5.69 Å². The minimum atomic E-state index is -0.139. The number of hydrogen-bond donors (Lipinski definition) is 1. The second-order valence-corrected chi connectivity index (χ2v) is 6.19. The molecule has 1 aromatic rings. The van der Waals surface area contributed by atoms with Crippen molar-refractivity contribution in [1.29, 1.82) is 0 Å². The Hall–Kier alpha value is -1.55.